The third-order valence-corrected chi connectivity index (χ3v) is 5.04. The van der Waals surface area contributed by atoms with Crippen molar-refractivity contribution in [3.8, 4) is 0 Å². The summed E-state index contributed by atoms with van der Waals surface area (Å²) in [4.78, 5) is 2.66. The van der Waals surface area contributed by atoms with Gasteiger partial charge in [-0.3, -0.25) is 4.90 Å². The smallest absolute Gasteiger partial charge is 0.0469 e. The zero-order valence-electron chi connectivity index (χ0n) is 12.1. The molecule has 106 valence electrons. The fourth-order valence-corrected chi connectivity index (χ4v) is 3.66. The third kappa shape index (κ3) is 3.46. The lowest BCUT2D eigenvalue weighted by Gasteiger charge is -2.42. The zero-order valence-corrected chi connectivity index (χ0v) is 12.1. The molecular weight excluding hydrogens is 224 g/mol. The molecule has 2 N–H and O–H groups in total. The van der Waals surface area contributed by atoms with Crippen LogP contribution in [0.5, 0.6) is 0 Å². The minimum Gasteiger partial charge on any atom is -0.381 e. The number of rotatable bonds is 4. The molecule has 2 heterocycles. The van der Waals surface area contributed by atoms with Crippen molar-refractivity contribution in [1.29, 1.82) is 0 Å². The number of piperidine rings is 1. The maximum Gasteiger partial charge on any atom is 0.0469 e. The van der Waals surface area contributed by atoms with Gasteiger partial charge in [-0.15, -0.1) is 0 Å². The van der Waals surface area contributed by atoms with E-state index in [0.29, 0.717) is 6.04 Å². The minimum atomic E-state index is 0.599. The number of likely N-dealkylation sites (tertiary alicyclic amines) is 1. The van der Waals surface area contributed by atoms with Gasteiger partial charge in [0, 0.05) is 25.8 Å². The average molecular weight is 254 g/mol. The standard InChI is InChI=1S/C15H30N2O/c1-12(2)13-3-7-17(8-4-13)15(11-16)14-5-9-18-10-6-14/h12-15H,3-11,16H2,1-2H3. The van der Waals surface area contributed by atoms with Crippen LogP contribution in [0.15, 0.2) is 0 Å². The van der Waals surface area contributed by atoms with Crippen LogP contribution in [0.2, 0.25) is 0 Å². The van der Waals surface area contributed by atoms with Gasteiger partial charge in [0.2, 0.25) is 0 Å². The van der Waals surface area contributed by atoms with E-state index in [0.717, 1.165) is 37.5 Å². The molecule has 0 aliphatic carbocycles. The van der Waals surface area contributed by atoms with Crippen molar-refractivity contribution in [3.63, 3.8) is 0 Å². The predicted octanol–water partition coefficient (Wildman–Crippen LogP) is 2.11. The van der Waals surface area contributed by atoms with E-state index in [-0.39, 0.29) is 0 Å². The SMILES string of the molecule is CC(C)C1CCN(C(CN)C2CCOCC2)CC1. The molecule has 0 amide bonds. The van der Waals surface area contributed by atoms with Gasteiger partial charge in [-0.2, -0.15) is 0 Å². The molecule has 2 saturated heterocycles. The van der Waals surface area contributed by atoms with Crippen LogP contribution in [0.4, 0.5) is 0 Å². The van der Waals surface area contributed by atoms with Crippen LogP contribution in [0.3, 0.4) is 0 Å². The summed E-state index contributed by atoms with van der Waals surface area (Å²) in [5.74, 6) is 2.53. The molecule has 1 unspecified atom stereocenters. The Kier molecular flexibility index (Phi) is 5.46. The van der Waals surface area contributed by atoms with Crippen LogP contribution >= 0.6 is 0 Å². The van der Waals surface area contributed by atoms with Crippen molar-refractivity contribution >= 4 is 0 Å². The first kappa shape index (κ1) is 14.3. The van der Waals surface area contributed by atoms with E-state index in [1.807, 2.05) is 0 Å². The fraction of sp³-hybridized carbons (Fsp3) is 1.00. The normalized spacial score (nSPS) is 26.7. The van der Waals surface area contributed by atoms with E-state index in [2.05, 4.69) is 18.7 Å². The Bertz CT molecular complexity index is 231. The lowest BCUT2D eigenvalue weighted by molar-refractivity contribution is 0.0153. The number of hydrogen-bond acceptors (Lipinski definition) is 3. The van der Waals surface area contributed by atoms with Gasteiger partial charge in [0.15, 0.2) is 0 Å². The number of nitrogens with zero attached hydrogens (tertiary/aromatic N) is 1. The Morgan fingerprint density at radius 3 is 2.17 bits per heavy atom. The molecule has 0 aromatic carbocycles. The van der Waals surface area contributed by atoms with Crippen LogP contribution in [-0.2, 0) is 4.74 Å². The lowest BCUT2D eigenvalue weighted by atomic mass is 9.84. The molecule has 3 nitrogen and oxygen atoms in total. The van der Waals surface area contributed by atoms with Crippen molar-refractivity contribution in [2.45, 2.75) is 45.6 Å². The topological polar surface area (TPSA) is 38.5 Å². The van der Waals surface area contributed by atoms with Gasteiger partial charge in [-0.25, -0.2) is 0 Å². The molecule has 0 aromatic rings. The first-order chi connectivity index (χ1) is 8.72. The average Bonchev–Trinajstić information content (AvgIpc) is 2.41. The van der Waals surface area contributed by atoms with Gasteiger partial charge < -0.3 is 10.5 Å². The Balaban J connectivity index is 1.85. The molecule has 2 aliphatic rings. The first-order valence-corrected chi connectivity index (χ1v) is 7.74. The van der Waals surface area contributed by atoms with Gasteiger partial charge >= 0.3 is 0 Å². The molecule has 0 bridgehead atoms. The van der Waals surface area contributed by atoms with Crippen LogP contribution in [-0.4, -0.2) is 43.8 Å². The van der Waals surface area contributed by atoms with Crippen molar-refractivity contribution in [2.75, 3.05) is 32.8 Å². The van der Waals surface area contributed by atoms with Crippen LogP contribution < -0.4 is 5.73 Å². The summed E-state index contributed by atoms with van der Waals surface area (Å²) in [6.45, 7) is 9.91. The zero-order chi connectivity index (χ0) is 13.0. The van der Waals surface area contributed by atoms with Gasteiger partial charge in [0.05, 0.1) is 0 Å². The maximum atomic E-state index is 6.05. The van der Waals surface area contributed by atoms with Crippen molar-refractivity contribution in [3.05, 3.63) is 0 Å². The fourth-order valence-electron chi connectivity index (χ4n) is 3.66. The summed E-state index contributed by atoms with van der Waals surface area (Å²) < 4.78 is 5.47. The number of ether oxygens (including phenoxy) is 1. The second-order valence-electron chi connectivity index (χ2n) is 6.37. The number of hydrogen-bond donors (Lipinski definition) is 1. The molecule has 0 radical (unpaired) electrons. The first-order valence-electron chi connectivity index (χ1n) is 7.74. The highest BCUT2D eigenvalue weighted by molar-refractivity contribution is 4.85. The van der Waals surface area contributed by atoms with Crippen LogP contribution in [0.1, 0.15) is 39.5 Å². The molecule has 0 aromatic heterocycles. The Morgan fingerprint density at radius 2 is 1.67 bits per heavy atom. The van der Waals surface area contributed by atoms with Gasteiger partial charge in [0.1, 0.15) is 0 Å². The summed E-state index contributed by atoms with van der Waals surface area (Å²) in [7, 11) is 0. The summed E-state index contributed by atoms with van der Waals surface area (Å²) >= 11 is 0. The molecule has 1 atom stereocenters. The molecule has 18 heavy (non-hydrogen) atoms. The second-order valence-corrected chi connectivity index (χ2v) is 6.37. The molecule has 3 heteroatoms. The quantitative estimate of drug-likeness (QED) is 0.835. The lowest BCUT2D eigenvalue weighted by Crippen LogP contribution is -2.50. The summed E-state index contributed by atoms with van der Waals surface area (Å²) in [5.41, 5.74) is 6.05. The third-order valence-electron chi connectivity index (χ3n) is 5.04. The highest BCUT2D eigenvalue weighted by Gasteiger charge is 2.31. The highest BCUT2D eigenvalue weighted by Crippen LogP contribution is 2.29. The van der Waals surface area contributed by atoms with Crippen molar-refractivity contribution in [1.82, 2.24) is 4.90 Å². The van der Waals surface area contributed by atoms with E-state index < -0.39 is 0 Å². The summed E-state index contributed by atoms with van der Waals surface area (Å²) in [6.07, 6.45) is 5.12. The monoisotopic (exact) mass is 254 g/mol. The van der Waals surface area contributed by atoms with E-state index in [1.165, 1.54) is 38.8 Å². The highest BCUT2D eigenvalue weighted by atomic mass is 16.5. The molecule has 2 aliphatic heterocycles. The van der Waals surface area contributed by atoms with Gasteiger partial charge in [-0.1, -0.05) is 13.8 Å². The second kappa shape index (κ2) is 6.88. The Hall–Kier alpha value is -0.120. The summed E-state index contributed by atoms with van der Waals surface area (Å²) in [6, 6.07) is 0.599. The van der Waals surface area contributed by atoms with Crippen molar-refractivity contribution < 1.29 is 4.74 Å². The molecule has 2 rings (SSSR count). The van der Waals surface area contributed by atoms with E-state index >= 15 is 0 Å². The predicted molar refractivity (Wildman–Crippen MR) is 75.5 cm³/mol. The summed E-state index contributed by atoms with van der Waals surface area (Å²) in [5, 5.41) is 0. The Morgan fingerprint density at radius 1 is 1.06 bits per heavy atom. The number of nitrogens with two attached hydrogens (primary N) is 1. The largest absolute Gasteiger partial charge is 0.381 e. The van der Waals surface area contributed by atoms with E-state index in [9.17, 15) is 0 Å². The maximum absolute atomic E-state index is 6.05. The van der Waals surface area contributed by atoms with E-state index in [1.54, 1.807) is 0 Å². The minimum absolute atomic E-state index is 0.599. The molecule has 0 saturated carbocycles. The molecule has 0 spiro atoms. The van der Waals surface area contributed by atoms with Crippen LogP contribution in [0.25, 0.3) is 0 Å². The Labute approximate surface area is 112 Å². The van der Waals surface area contributed by atoms with Gasteiger partial charge in [0.25, 0.3) is 0 Å². The molecular formula is C15H30N2O. The van der Waals surface area contributed by atoms with Gasteiger partial charge in [-0.05, 0) is 56.5 Å². The van der Waals surface area contributed by atoms with E-state index in [4.69, 9.17) is 10.5 Å². The molecule has 2 fully saturated rings. The van der Waals surface area contributed by atoms with Crippen molar-refractivity contribution in [2.24, 2.45) is 23.5 Å². The van der Waals surface area contributed by atoms with Crippen LogP contribution in [0, 0.1) is 17.8 Å².